The lowest BCUT2D eigenvalue weighted by atomic mass is 9.94. The number of fused-ring (bicyclic) bond motifs is 1. The molecule has 0 aliphatic rings. The highest BCUT2D eigenvalue weighted by molar-refractivity contribution is 6.07. The molecule has 0 N–H and O–H groups in total. The van der Waals surface area contributed by atoms with Gasteiger partial charge in [-0.25, -0.2) is 0 Å². The largest absolute Gasteiger partial charge is 0.341 e. The van der Waals surface area contributed by atoms with Gasteiger partial charge in [-0.2, -0.15) is 10.5 Å². The minimum absolute atomic E-state index is 0.181. The Morgan fingerprint density at radius 3 is 2.38 bits per heavy atom. The third-order valence-corrected chi connectivity index (χ3v) is 4.95. The first-order valence-electron chi connectivity index (χ1n) is 9.19. The molecule has 29 heavy (non-hydrogen) atoms. The number of rotatable bonds is 6. The van der Waals surface area contributed by atoms with Crippen molar-refractivity contribution in [1.82, 2.24) is 4.90 Å². The number of amides is 1. The van der Waals surface area contributed by atoms with Gasteiger partial charge in [0, 0.05) is 31.5 Å². The fourth-order valence-corrected chi connectivity index (χ4v) is 3.43. The maximum absolute atomic E-state index is 13.2. The van der Waals surface area contributed by atoms with E-state index in [-0.39, 0.29) is 18.2 Å². The number of aldehydes is 1. The van der Waals surface area contributed by atoms with Gasteiger partial charge in [0.1, 0.15) is 6.29 Å². The lowest BCUT2D eigenvalue weighted by Crippen LogP contribution is -2.31. The van der Waals surface area contributed by atoms with Crippen LogP contribution in [0, 0.1) is 22.7 Å². The Balaban J connectivity index is 1.91. The van der Waals surface area contributed by atoms with Crippen LogP contribution in [-0.4, -0.2) is 30.7 Å². The van der Waals surface area contributed by atoms with Gasteiger partial charge in [0.15, 0.2) is 0 Å². The van der Waals surface area contributed by atoms with Crippen molar-refractivity contribution >= 4 is 23.0 Å². The SMILES string of the molecule is CN(CC(CC=O)c1ccc(C#N)cc1)C(=O)c1cc(C#N)cc2ccccc12. The van der Waals surface area contributed by atoms with Crippen LogP contribution in [0.3, 0.4) is 0 Å². The van der Waals surface area contributed by atoms with Gasteiger partial charge in [-0.15, -0.1) is 0 Å². The Morgan fingerprint density at radius 2 is 1.72 bits per heavy atom. The summed E-state index contributed by atoms with van der Waals surface area (Å²) < 4.78 is 0. The topological polar surface area (TPSA) is 85.0 Å². The summed E-state index contributed by atoms with van der Waals surface area (Å²) in [6.07, 6.45) is 1.11. The van der Waals surface area contributed by atoms with E-state index in [2.05, 4.69) is 12.1 Å². The average molecular weight is 381 g/mol. The van der Waals surface area contributed by atoms with Crippen molar-refractivity contribution in [2.75, 3.05) is 13.6 Å². The van der Waals surface area contributed by atoms with Crippen molar-refractivity contribution in [2.24, 2.45) is 0 Å². The zero-order valence-corrected chi connectivity index (χ0v) is 16.0. The second kappa shape index (κ2) is 8.82. The van der Waals surface area contributed by atoms with Crippen molar-refractivity contribution in [3.8, 4) is 12.1 Å². The lowest BCUT2D eigenvalue weighted by Gasteiger charge is -2.24. The molecule has 0 aliphatic carbocycles. The van der Waals surface area contributed by atoms with E-state index in [1.54, 1.807) is 36.2 Å². The van der Waals surface area contributed by atoms with Crippen LogP contribution in [0.1, 0.15) is 39.4 Å². The van der Waals surface area contributed by atoms with Gasteiger partial charge in [0.25, 0.3) is 5.91 Å². The number of hydrogen-bond donors (Lipinski definition) is 0. The van der Waals surface area contributed by atoms with Crippen LogP contribution >= 0.6 is 0 Å². The Morgan fingerprint density at radius 1 is 1.03 bits per heavy atom. The van der Waals surface area contributed by atoms with Gasteiger partial charge in [0.05, 0.1) is 23.3 Å². The monoisotopic (exact) mass is 381 g/mol. The van der Waals surface area contributed by atoms with Crippen LogP contribution in [0.2, 0.25) is 0 Å². The summed E-state index contributed by atoms with van der Waals surface area (Å²) in [4.78, 5) is 26.0. The molecule has 1 atom stereocenters. The van der Waals surface area contributed by atoms with Gasteiger partial charge >= 0.3 is 0 Å². The van der Waals surface area contributed by atoms with Crippen molar-refractivity contribution in [3.05, 3.63) is 82.9 Å². The van der Waals surface area contributed by atoms with Crippen LogP contribution in [0.5, 0.6) is 0 Å². The van der Waals surface area contributed by atoms with Crippen LogP contribution in [0.25, 0.3) is 10.8 Å². The van der Waals surface area contributed by atoms with E-state index in [1.807, 2.05) is 36.4 Å². The van der Waals surface area contributed by atoms with Crippen molar-refractivity contribution < 1.29 is 9.59 Å². The van der Waals surface area contributed by atoms with Gasteiger partial charge in [-0.1, -0.05) is 36.4 Å². The third kappa shape index (κ3) is 4.31. The van der Waals surface area contributed by atoms with Gasteiger partial charge < -0.3 is 9.69 Å². The molecule has 0 aromatic heterocycles. The summed E-state index contributed by atoms with van der Waals surface area (Å²) in [7, 11) is 1.69. The molecular formula is C24H19N3O2. The van der Waals surface area contributed by atoms with E-state index < -0.39 is 0 Å². The molecule has 3 aromatic carbocycles. The maximum atomic E-state index is 13.2. The molecule has 142 valence electrons. The molecule has 0 radical (unpaired) electrons. The molecule has 0 spiro atoms. The Bertz CT molecular complexity index is 1140. The minimum Gasteiger partial charge on any atom is -0.341 e. The molecule has 0 saturated heterocycles. The summed E-state index contributed by atoms with van der Waals surface area (Å²) >= 11 is 0. The first-order valence-corrected chi connectivity index (χ1v) is 9.19. The van der Waals surface area contributed by atoms with Gasteiger partial charge in [-0.3, -0.25) is 4.79 Å². The number of carbonyl (C=O) groups is 2. The maximum Gasteiger partial charge on any atom is 0.254 e. The predicted octanol–water partition coefficient (Wildman–Crippen LogP) is 4.03. The average Bonchev–Trinajstić information content (AvgIpc) is 2.77. The second-order valence-corrected chi connectivity index (χ2v) is 6.88. The fourth-order valence-electron chi connectivity index (χ4n) is 3.43. The molecule has 0 bridgehead atoms. The first kappa shape index (κ1) is 19.8. The molecule has 5 nitrogen and oxygen atoms in total. The summed E-state index contributed by atoms with van der Waals surface area (Å²) in [5.41, 5.74) is 2.33. The highest BCUT2D eigenvalue weighted by Gasteiger charge is 2.20. The molecule has 0 heterocycles. The van der Waals surface area contributed by atoms with E-state index in [0.29, 0.717) is 23.2 Å². The third-order valence-electron chi connectivity index (χ3n) is 4.95. The number of likely N-dealkylation sites (N-methyl/N-ethyl adjacent to an activating group) is 1. The molecule has 0 aliphatic heterocycles. The quantitative estimate of drug-likeness (QED) is 0.604. The Kier molecular flexibility index (Phi) is 6.02. The van der Waals surface area contributed by atoms with Crippen LogP contribution in [0.4, 0.5) is 0 Å². The number of nitriles is 2. The number of hydrogen-bond acceptors (Lipinski definition) is 4. The molecule has 0 fully saturated rings. The molecule has 3 aromatic rings. The highest BCUT2D eigenvalue weighted by atomic mass is 16.2. The highest BCUT2D eigenvalue weighted by Crippen LogP contribution is 2.25. The molecule has 0 saturated carbocycles. The van der Waals surface area contributed by atoms with Crippen molar-refractivity contribution in [3.63, 3.8) is 0 Å². The molecule has 1 amide bonds. The standard InChI is InChI=1S/C24H19N3O2/c1-27(16-21(10-11-28)19-8-6-17(14-25)7-9-19)24(29)23-13-18(15-26)12-20-4-2-3-5-22(20)23/h2-9,11-13,21H,10,16H2,1H3. The zero-order chi connectivity index (χ0) is 20.8. The molecule has 1 unspecified atom stereocenters. The van der Waals surface area contributed by atoms with Gasteiger partial charge in [-0.05, 0) is 40.6 Å². The molecule has 3 rings (SSSR count). The number of benzene rings is 3. The lowest BCUT2D eigenvalue weighted by molar-refractivity contribution is -0.108. The number of carbonyl (C=O) groups excluding carboxylic acids is 2. The van der Waals surface area contributed by atoms with Crippen LogP contribution < -0.4 is 0 Å². The summed E-state index contributed by atoms with van der Waals surface area (Å²) in [5, 5.41) is 19.9. The Labute approximate surface area is 169 Å². The summed E-state index contributed by atoms with van der Waals surface area (Å²) in [5.74, 6) is -0.387. The first-order chi connectivity index (χ1) is 14.1. The normalized spacial score (nSPS) is 11.3. The minimum atomic E-state index is -0.206. The van der Waals surface area contributed by atoms with E-state index >= 15 is 0 Å². The Hall–Kier alpha value is -3.96. The van der Waals surface area contributed by atoms with E-state index in [4.69, 9.17) is 5.26 Å². The van der Waals surface area contributed by atoms with Crippen molar-refractivity contribution in [1.29, 1.82) is 10.5 Å². The molecule has 5 heteroatoms. The predicted molar refractivity (Wildman–Crippen MR) is 110 cm³/mol. The summed E-state index contributed by atoms with van der Waals surface area (Å²) in [6.45, 7) is 0.342. The fraction of sp³-hybridized carbons (Fsp3) is 0.167. The smallest absolute Gasteiger partial charge is 0.254 e. The van der Waals surface area contributed by atoms with Crippen molar-refractivity contribution in [2.45, 2.75) is 12.3 Å². The number of nitrogens with zero attached hydrogens (tertiary/aromatic N) is 3. The zero-order valence-electron chi connectivity index (χ0n) is 16.0. The second-order valence-electron chi connectivity index (χ2n) is 6.88. The van der Waals surface area contributed by atoms with E-state index in [0.717, 1.165) is 22.6 Å². The van der Waals surface area contributed by atoms with E-state index in [1.165, 1.54) is 0 Å². The summed E-state index contributed by atoms with van der Waals surface area (Å²) in [6, 6.07) is 22.1. The van der Waals surface area contributed by atoms with Crippen LogP contribution in [0.15, 0.2) is 60.7 Å². The molecular weight excluding hydrogens is 362 g/mol. The van der Waals surface area contributed by atoms with Crippen LogP contribution in [-0.2, 0) is 4.79 Å². The van der Waals surface area contributed by atoms with E-state index in [9.17, 15) is 14.9 Å². The van der Waals surface area contributed by atoms with Gasteiger partial charge in [0.2, 0.25) is 0 Å².